The minimum absolute atomic E-state index is 0.191. The minimum atomic E-state index is -0.994. The number of likely N-dealkylation sites (N-methyl/N-ethyl adjacent to an activating group) is 1. The lowest BCUT2D eigenvalue weighted by Crippen LogP contribution is -2.57. The third-order valence-electron chi connectivity index (χ3n) is 4.45. The number of ether oxygens (including phenoxy) is 4. The summed E-state index contributed by atoms with van der Waals surface area (Å²) in [5.41, 5.74) is -1.58. The molecule has 1 unspecified atom stereocenters. The van der Waals surface area contributed by atoms with Crippen molar-refractivity contribution in [1.29, 1.82) is 0 Å². The Balaban J connectivity index is 2.34. The fraction of sp³-hybridized carbons (Fsp3) is 0.889. The number of carbonyl (C=O) groups is 2. The van der Waals surface area contributed by atoms with Crippen LogP contribution >= 0.6 is 0 Å². The number of carbonyl (C=O) groups excluding carboxylic acids is 2. The van der Waals surface area contributed by atoms with Gasteiger partial charge in [0.05, 0.1) is 19.8 Å². The van der Waals surface area contributed by atoms with E-state index in [0.717, 1.165) is 5.06 Å². The van der Waals surface area contributed by atoms with E-state index in [0.29, 0.717) is 0 Å². The Labute approximate surface area is 160 Å². The first kappa shape index (κ1) is 21.9. The van der Waals surface area contributed by atoms with E-state index in [9.17, 15) is 9.59 Å². The third kappa shape index (κ3) is 4.71. The predicted molar refractivity (Wildman–Crippen MR) is 95.5 cm³/mol. The summed E-state index contributed by atoms with van der Waals surface area (Å²) >= 11 is 0. The molecular weight excluding hydrogens is 356 g/mol. The topological polar surface area (TPSA) is 86.8 Å². The molecule has 0 aromatic heterocycles. The van der Waals surface area contributed by atoms with Crippen molar-refractivity contribution in [3.63, 3.8) is 0 Å². The smallest absolute Gasteiger partial charge is 0.412 e. The molecule has 2 amide bonds. The molecule has 0 spiro atoms. The van der Waals surface area contributed by atoms with Crippen molar-refractivity contribution in [2.75, 3.05) is 20.8 Å². The Morgan fingerprint density at radius 2 is 1.74 bits per heavy atom. The van der Waals surface area contributed by atoms with Crippen LogP contribution in [0.3, 0.4) is 0 Å². The molecular formula is C18H32N2O7. The average Bonchev–Trinajstić information content (AvgIpc) is 2.99. The Morgan fingerprint density at radius 3 is 2.26 bits per heavy atom. The maximum absolute atomic E-state index is 12.9. The van der Waals surface area contributed by atoms with E-state index in [1.165, 1.54) is 19.1 Å². The zero-order valence-corrected chi connectivity index (χ0v) is 17.7. The molecule has 0 aliphatic carbocycles. The summed E-state index contributed by atoms with van der Waals surface area (Å²) in [6.07, 6.45) is -2.22. The normalized spacial score (nSPS) is 29.7. The van der Waals surface area contributed by atoms with E-state index < -0.39 is 47.4 Å². The first-order valence-corrected chi connectivity index (χ1v) is 9.02. The highest BCUT2D eigenvalue weighted by molar-refractivity contribution is 5.81. The second kappa shape index (κ2) is 7.20. The quantitative estimate of drug-likeness (QED) is 0.683. The SMILES string of the molecule is CON(C)C(=O)C1OC(C)(C)O[C@@H]1[C@H]1COC(C)(C)N1C(=O)OC(C)(C)C. The van der Waals surface area contributed by atoms with Crippen molar-refractivity contribution in [2.45, 2.75) is 83.8 Å². The van der Waals surface area contributed by atoms with E-state index in [1.807, 2.05) is 0 Å². The molecule has 0 aromatic carbocycles. The van der Waals surface area contributed by atoms with Gasteiger partial charge in [0.15, 0.2) is 11.9 Å². The van der Waals surface area contributed by atoms with Crippen LogP contribution in [-0.2, 0) is 28.6 Å². The molecule has 9 nitrogen and oxygen atoms in total. The monoisotopic (exact) mass is 388 g/mol. The molecule has 2 rings (SSSR count). The maximum atomic E-state index is 12.9. The van der Waals surface area contributed by atoms with Crippen molar-refractivity contribution in [3.05, 3.63) is 0 Å². The summed E-state index contributed by atoms with van der Waals surface area (Å²) in [5, 5.41) is 1.08. The Morgan fingerprint density at radius 1 is 1.15 bits per heavy atom. The molecule has 9 heteroatoms. The van der Waals surface area contributed by atoms with Crippen molar-refractivity contribution < 1.29 is 33.4 Å². The number of nitrogens with zero attached hydrogens (tertiary/aromatic N) is 2. The lowest BCUT2D eigenvalue weighted by molar-refractivity contribution is -0.187. The van der Waals surface area contributed by atoms with Gasteiger partial charge in [-0.25, -0.2) is 9.86 Å². The summed E-state index contributed by atoms with van der Waals surface area (Å²) in [4.78, 5) is 32.1. The standard InChI is InChI=1S/C18H32N2O7/c1-16(2,3)27-15(22)20-11(10-24-17(20,4)5)12-13(14(21)19(8)23-9)26-18(6,7)25-12/h11-13H,10H2,1-9H3/t11-,12-,13?/m1/s1. The second-order valence-corrected chi connectivity index (χ2v) is 8.71. The van der Waals surface area contributed by atoms with E-state index in [2.05, 4.69) is 0 Å². The lowest BCUT2D eigenvalue weighted by Gasteiger charge is -2.37. The molecule has 2 aliphatic rings. The number of hydroxylamine groups is 2. The Kier molecular flexibility index (Phi) is 5.83. The summed E-state index contributed by atoms with van der Waals surface area (Å²) in [6, 6.07) is -0.559. The van der Waals surface area contributed by atoms with Gasteiger partial charge >= 0.3 is 6.09 Å². The summed E-state index contributed by atoms with van der Waals surface area (Å²) < 4.78 is 23.2. The van der Waals surface area contributed by atoms with Crippen LogP contribution in [-0.4, -0.2) is 78.1 Å². The van der Waals surface area contributed by atoms with Gasteiger partial charge in [-0.2, -0.15) is 0 Å². The summed E-state index contributed by atoms with van der Waals surface area (Å²) in [7, 11) is 2.89. The minimum Gasteiger partial charge on any atom is -0.444 e. The van der Waals surface area contributed by atoms with Crippen LogP contribution in [0.5, 0.6) is 0 Å². The average molecular weight is 388 g/mol. The van der Waals surface area contributed by atoms with Crippen LogP contribution in [0.4, 0.5) is 4.79 Å². The molecule has 0 aromatic rings. The predicted octanol–water partition coefficient (Wildman–Crippen LogP) is 1.90. The molecule has 2 saturated heterocycles. The van der Waals surface area contributed by atoms with Crippen molar-refractivity contribution in [1.82, 2.24) is 9.96 Å². The zero-order chi connectivity index (χ0) is 20.8. The van der Waals surface area contributed by atoms with Crippen LogP contribution in [0.1, 0.15) is 48.5 Å². The largest absolute Gasteiger partial charge is 0.444 e. The van der Waals surface area contributed by atoms with Gasteiger partial charge in [0.25, 0.3) is 5.91 Å². The van der Waals surface area contributed by atoms with Gasteiger partial charge in [-0.15, -0.1) is 0 Å². The first-order chi connectivity index (χ1) is 12.2. The number of rotatable bonds is 3. The van der Waals surface area contributed by atoms with Crippen LogP contribution in [0.15, 0.2) is 0 Å². The van der Waals surface area contributed by atoms with Gasteiger partial charge in [-0.1, -0.05) is 0 Å². The van der Waals surface area contributed by atoms with Gasteiger partial charge in [0, 0.05) is 7.05 Å². The highest BCUT2D eigenvalue weighted by Crippen LogP contribution is 2.38. The number of hydrogen-bond acceptors (Lipinski definition) is 7. The van der Waals surface area contributed by atoms with Crippen molar-refractivity contribution >= 4 is 12.0 Å². The van der Waals surface area contributed by atoms with Gasteiger partial charge < -0.3 is 18.9 Å². The fourth-order valence-corrected chi connectivity index (χ4v) is 3.27. The van der Waals surface area contributed by atoms with E-state index in [-0.39, 0.29) is 6.61 Å². The molecule has 2 fully saturated rings. The molecule has 156 valence electrons. The molecule has 0 bridgehead atoms. The molecule has 2 aliphatic heterocycles. The summed E-state index contributed by atoms with van der Waals surface area (Å²) in [6.45, 7) is 12.6. The van der Waals surface area contributed by atoms with Crippen LogP contribution < -0.4 is 0 Å². The molecule has 3 atom stereocenters. The highest BCUT2D eigenvalue weighted by Gasteiger charge is 2.57. The van der Waals surface area contributed by atoms with Gasteiger partial charge in [0.2, 0.25) is 0 Å². The van der Waals surface area contributed by atoms with Crippen molar-refractivity contribution in [3.8, 4) is 0 Å². The van der Waals surface area contributed by atoms with Crippen molar-refractivity contribution in [2.24, 2.45) is 0 Å². The lowest BCUT2D eigenvalue weighted by atomic mass is 10.0. The zero-order valence-electron chi connectivity index (χ0n) is 17.7. The molecule has 27 heavy (non-hydrogen) atoms. The van der Waals surface area contributed by atoms with E-state index >= 15 is 0 Å². The molecule has 2 heterocycles. The second-order valence-electron chi connectivity index (χ2n) is 8.71. The molecule has 0 saturated carbocycles. The maximum Gasteiger partial charge on any atom is 0.412 e. The van der Waals surface area contributed by atoms with E-state index in [4.69, 9.17) is 23.8 Å². The van der Waals surface area contributed by atoms with Crippen LogP contribution in [0.25, 0.3) is 0 Å². The molecule has 0 N–H and O–H groups in total. The fourth-order valence-electron chi connectivity index (χ4n) is 3.27. The van der Waals surface area contributed by atoms with Crippen LogP contribution in [0.2, 0.25) is 0 Å². The van der Waals surface area contributed by atoms with Gasteiger partial charge in [-0.3, -0.25) is 14.5 Å². The van der Waals surface area contributed by atoms with Gasteiger partial charge in [0.1, 0.15) is 17.4 Å². The Hall–Kier alpha value is -1.42. The molecule has 0 radical (unpaired) electrons. The number of hydrogen-bond donors (Lipinski definition) is 0. The van der Waals surface area contributed by atoms with Gasteiger partial charge in [-0.05, 0) is 48.5 Å². The van der Waals surface area contributed by atoms with E-state index in [1.54, 1.807) is 48.5 Å². The van der Waals surface area contributed by atoms with Crippen LogP contribution in [0, 0.1) is 0 Å². The summed E-state index contributed by atoms with van der Waals surface area (Å²) in [5.74, 6) is -1.40. The Bertz CT molecular complexity index is 585. The highest BCUT2D eigenvalue weighted by atomic mass is 16.8. The first-order valence-electron chi connectivity index (χ1n) is 9.02. The number of amides is 2. The third-order valence-corrected chi connectivity index (χ3v) is 4.45.